The summed E-state index contributed by atoms with van der Waals surface area (Å²) in [6.07, 6.45) is 24.4. The molecular formula is C40H48Cl2N2O6S2. The third-order valence-corrected chi connectivity index (χ3v) is 12.0. The van der Waals surface area contributed by atoms with Gasteiger partial charge < -0.3 is 9.47 Å². The van der Waals surface area contributed by atoms with Crippen LogP contribution >= 0.6 is 46.7 Å². The lowest BCUT2D eigenvalue weighted by atomic mass is 9.86. The van der Waals surface area contributed by atoms with Gasteiger partial charge in [-0.25, -0.2) is 0 Å². The fourth-order valence-corrected chi connectivity index (χ4v) is 8.83. The SMILES string of the molecule is O=C1NC(=O)C(=Cc2ccc(OCCCCC3CCCCC3)c(Cl)c2)S1.O=C1NC(=O)C(=Cc2ccc(OCCCCC3CCCCC3)c(Cl)c2)S1. The predicted molar refractivity (Wildman–Crippen MR) is 213 cm³/mol. The van der Waals surface area contributed by atoms with Crippen LogP contribution in [0.1, 0.15) is 114 Å². The van der Waals surface area contributed by atoms with Crippen molar-refractivity contribution in [3.63, 3.8) is 0 Å². The lowest BCUT2D eigenvalue weighted by Crippen LogP contribution is -2.17. The Hall–Kier alpha value is -2.92. The molecule has 0 radical (unpaired) electrons. The van der Waals surface area contributed by atoms with Crippen molar-refractivity contribution in [3.05, 3.63) is 67.4 Å². The van der Waals surface area contributed by atoms with Crippen molar-refractivity contribution in [2.75, 3.05) is 13.2 Å². The zero-order valence-corrected chi connectivity index (χ0v) is 32.7. The van der Waals surface area contributed by atoms with E-state index in [0.717, 1.165) is 59.3 Å². The first kappa shape index (κ1) is 40.3. The van der Waals surface area contributed by atoms with E-state index >= 15 is 0 Å². The van der Waals surface area contributed by atoms with Crippen LogP contribution < -0.4 is 20.1 Å². The van der Waals surface area contributed by atoms with E-state index < -0.39 is 0 Å². The normalized spacial score (nSPS) is 19.8. The molecule has 0 spiro atoms. The predicted octanol–water partition coefficient (Wildman–Crippen LogP) is 11.6. The van der Waals surface area contributed by atoms with E-state index in [-0.39, 0.29) is 22.3 Å². The molecule has 0 aromatic heterocycles. The second kappa shape index (κ2) is 21.1. The summed E-state index contributed by atoms with van der Waals surface area (Å²) < 4.78 is 11.6. The number of carbonyl (C=O) groups is 4. The molecule has 2 saturated heterocycles. The fourth-order valence-electron chi connectivity index (χ4n) is 6.98. The van der Waals surface area contributed by atoms with Crippen LogP contribution in [0.15, 0.2) is 46.2 Å². The number of nitrogens with one attached hydrogen (secondary N) is 2. The van der Waals surface area contributed by atoms with Crippen LogP contribution in [0, 0.1) is 11.8 Å². The third kappa shape index (κ3) is 13.2. The summed E-state index contributed by atoms with van der Waals surface area (Å²) in [4.78, 5) is 46.3. The molecule has 2 N–H and O–H groups in total. The summed E-state index contributed by atoms with van der Waals surface area (Å²) in [6, 6.07) is 10.8. The van der Waals surface area contributed by atoms with Crippen molar-refractivity contribution < 1.29 is 28.7 Å². The Morgan fingerprint density at radius 2 is 1.00 bits per heavy atom. The van der Waals surface area contributed by atoms with E-state index in [1.807, 2.05) is 24.3 Å². The molecule has 0 bridgehead atoms. The molecule has 12 heteroatoms. The van der Waals surface area contributed by atoms with E-state index in [9.17, 15) is 19.2 Å². The van der Waals surface area contributed by atoms with E-state index in [4.69, 9.17) is 32.7 Å². The molecule has 6 rings (SSSR count). The van der Waals surface area contributed by atoms with E-state index in [2.05, 4.69) is 10.6 Å². The highest BCUT2D eigenvalue weighted by Crippen LogP contribution is 2.33. The number of benzene rings is 2. The average Bonchev–Trinajstić information content (AvgIpc) is 3.63. The summed E-state index contributed by atoms with van der Waals surface area (Å²) in [5.41, 5.74) is 1.54. The zero-order chi connectivity index (χ0) is 36.7. The standard InChI is InChI=1S/2C20H24ClNO3S/c2*21-16-12-15(13-18-19(23)22-20(24)26-18)9-10-17(16)25-11-5-4-8-14-6-2-1-3-7-14/h2*9-10,12-14H,1-8,11H2,(H,22,23,24). The molecule has 2 aliphatic carbocycles. The van der Waals surface area contributed by atoms with Gasteiger partial charge in [0.2, 0.25) is 0 Å². The van der Waals surface area contributed by atoms with Gasteiger partial charge in [0.1, 0.15) is 11.5 Å². The lowest BCUT2D eigenvalue weighted by molar-refractivity contribution is -0.116. The summed E-state index contributed by atoms with van der Waals surface area (Å²) in [5.74, 6) is 2.41. The molecule has 280 valence electrons. The van der Waals surface area contributed by atoms with E-state index in [1.54, 1.807) is 24.3 Å². The maximum absolute atomic E-state index is 11.6. The van der Waals surface area contributed by atoms with Crippen molar-refractivity contribution in [1.82, 2.24) is 10.6 Å². The van der Waals surface area contributed by atoms with E-state index in [0.29, 0.717) is 44.6 Å². The Bertz CT molecular complexity index is 1520. The lowest BCUT2D eigenvalue weighted by Gasteiger charge is -2.21. The molecule has 2 heterocycles. The van der Waals surface area contributed by atoms with Crippen LogP contribution in [0.3, 0.4) is 0 Å². The minimum Gasteiger partial charge on any atom is -0.492 e. The van der Waals surface area contributed by atoms with Crippen molar-refractivity contribution in [2.24, 2.45) is 11.8 Å². The van der Waals surface area contributed by atoms with Crippen LogP contribution in [-0.2, 0) is 9.59 Å². The van der Waals surface area contributed by atoms with Gasteiger partial charge in [-0.05, 0) is 109 Å². The largest absolute Gasteiger partial charge is 0.492 e. The Morgan fingerprint density at radius 3 is 1.35 bits per heavy atom. The van der Waals surface area contributed by atoms with Crippen molar-refractivity contribution in [1.29, 1.82) is 0 Å². The Balaban J connectivity index is 0.000000201. The number of hydrogen-bond donors (Lipinski definition) is 2. The molecule has 4 amide bonds. The highest BCUT2D eigenvalue weighted by Gasteiger charge is 2.26. The monoisotopic (exact) mass is 786 g/mol. The number of unbranched alkanes of at least 4 members (excludes halogenated alkanes) is 2. The molecule has 4 aliphatic rings. The molecule has 0 unspecified atom stereocenters. The van der Waals surface area contributed by atoms with Crippen molar-refractivity contribution in [3.8, 4) is 11.5 Å². The molecule has 4 fully saturated rings. The maximum atomic E-state index is 11.6. The van der Waals surface area contributed by atoms with E-state index in [1.165, 1.54) is 89.9 Å². The van der Waals surface area contributed by atoms with Gasteiger partial charge in [-0.2, -0.15) is 0 Å². The highest BCUT2D eigenvalue weighted by atomic mass is 35.5. The molecule has 52 heavy (non-hydrogen) atoms. The van der Waals surface area contributed by atoms with Gasteiger partial charge in [0.25, 0.3) is 22.3 Å². The first-order chi connectivity index (χ1) is 25.2. The quantitative estimate of drug-likeness (QED) is 0.144. The van der Waals surface area contributed by atoms with Gasteiger partial charge in [0, 0.05) is 0 Å². The number of rotatable bonds is 14. The van der Waals surface area contributed by atoms with Gasteiger partial charge in [-0.15, -0.1) is 0 Å². The highest BCUT2D eigenvalue weighted by molar-refractivity contribution is 8.18. The van der Waals surface area contributed by atoms with Gasteiger partial charge >= 0.3 is 0 Å². The number of halogens is 2. The Labute approximate surface area is 325 Å². The Kier molecular flexibility index (Phi) is 16.3. The number of ether oxygens (including phenoxy) is 2. The second-order valence-electron chi connectivity index (χ2n) is 13.8. The number of hydrogen-bond acceptors (Lipinski definition) is 8. The molecule has 2 saturated carbocycles. The zero-order valence-electron chi connectivity index (χ0n) is 29.5. The van der Waals surface area contributed by atoms with Crippen LogP contribution in [0.4, 0.5) is 9.59 Å². The first-order valence-electron chi connectivity index (χ1n) is 18.6. The smallest absolute Gasteiger partial charge is 0.290 e. The number of amides is 4. The van der Waals surface area contributed by atoms with Gasteiger partial charge in [-0.1, -0.05) is 112 Å². The summed E-state index contributed by atoms with van der Waals surface area (Å²) in [7, 11) is 0. The van der Waals surface area contributed by atoms with Gasteiger partial charge in [0.15, 0.2) is 0 Å². The minimum atomic E-state index is -0.366. The number of thioether (sulfide) groups is 2. The van der Waals surface area contributed by atoms with Crippen molar-refractivity contribution in [2.45, 2.75) is 103 Å². The summed E-state index contributed by atoms with van der Waals surface area (Å²) in [6.45, 7) is 1.33. The summed E-state index contributed by atoms with van der Waals surface area (Å²) in [5, 5.41) is 4.81. The molecule has 2 aliphatic heterocycles. The topological polar surface area (TPSA) is 111 Å². The number of imide groups is 2. The van der Waals surface area contributed by atoms with Gasteiger partial charge in [0.05, 0.1) is 33.1 Å². The summed E-state index contributed by atoms with van der Waals surface area (Å²) >= 11 is 14.4. The van der Waals surface area contributed by atoms with Crippen LogP contribution in [0.25, 0.3) is 12.2 Å². The second-order valence-corrected chi connectivity index (χ2v) is 16.6. The maximum Gasteiger partial charge on any atom is 0.290 e. The molecule has 2 aromatic carbocycles. The number of carbonyl (C=O) groups excluding carboxylic acids is 4. The fraction of sp³-hybridized carbons (Fsp3) is 0.500. The molecule has 2 aromatic rings. The average molecular weight is 788 g/mol. The Morgan fingerprint density at radius 1 is 0.596 bits per heavy atom. The minimum absolute atomic E-state index is 0.347. The third-order valence-electron chi connectivity index (χ3n) is 9.77. The van der Waals surface area contributed by atoms with Crippen LogP contribution in [0.5, 0.6) is 11.5 Å². The molecular weight excluding hydrogens is 739 g/mol. The first-order valence-corrected chi connectivity index (χ1v) is 21.0. The molecule has 0 atom stereocenters. The van der Waals surface area contributed by atoms with Crippen molar-refractivity contribution >= 4 is 81.2 Å². The molecule has 8 nitrogen and oxygen atoms in total. The van der Waals surface area contributed by atoms with Crippen LogP contribution in [-0.4, -0.2) is 35.5 Å². The van der Waals surface area contributed by atoms with Crippen LogP contribution in [0.2, 0.25) is 10.0 Å². The van der Waals surface area contributed by atoms with Gasteiger partial charge in [-0.3, -0.25) is 29.8 Å².